The number of carbonyl (C=O) groups excluding carboxylic acids is 2. The number of amides is 1. The van der Waals surface area contributed by atoms with Gasteiger partial charge in [-0.25, -0.2) is 0 Å². The van der Waals surface area contributed by atoms with Gasteiger partial charge in [0.15, 0.2) is 5.82 Å². The second-order valence-electron chi connectivity index (χ2n) is 7.39. The number of ether oxygens (including phenoxy) is 1. The van der Waals surface area contributed by atoms with Gasteiger partial charge in [0.25, 0.3) is 5.89 Å². The van der Waals surface area contributed by atoms with Crippen molar-refractivity contribution in [3.8, 4) is 5.75 Å². The SMILES string of the molecule is COc1ccc(CC(=O)CC[C@@H]2C(=O)N3C(c4nc(C)no4)=C(C)CS[C@H]23)cc1. The lowest BCUT2D eigenvalue weighted by Gasteiger charge is -2.49. The predicted octanol–water partition coefficient (Wildman–Crippen LogP) is 3.24. The maximum atomic E-state index is 12.8. The third kappa shape index (κ3) is 3.81. The third-order valence-electron chi connectivity index (χ3n) is 5.29. The molecule has 1 amide bonds. The minimum Gasteiger partial charge on any atom is -0.497 e. The second-order valence-corrected chi connectivity index (χ2v) is 8.50. The Morgan fingerprint density at radius 1 is 1.31 bits per heavy atom. The summed E-state index contributed by atoms with van der Waals surface area (Å²) in [6.45, 7) is 3.74. The molecule has 0 N–H and O–H groups in total. The van der Waals surface area contributed by atoms with Gasteiger partial charge in [-0.2, -0.15) is 4.98 Å². The van der Waals surface area contributed by atoms with Crippen molar-refractivity contribution in [3.63, 3.8) is 0 Å². The van der Waals surface area contributed by atoms with Crippen LogP contribution in [0.1, 0.15) is 37.0 Å². The topological polar surface area (TPSA) is 85.5 Å². The number of benzene rings is 1. The van der Waals surface area contributed by atoms with E-state index in [9.17, 15) is 9.59 Å². The minimum atomic E-state index is -0.146. The molecule has 0 aliphatic carbocycles. The Morgan fingerprint density at radius 2 is 2.07 bits per heavy atom. The first-order valence-corrected chi connectivity index (χ1v) is 10.6. The number of hydrogen-bond acceptors (Lipinski definition) is 7. The highest BCUT2D eigenvalue weighted by Gasteiger charge is 2.52. The van der Waals surface area contributed by atoms with Crippen LogP contribution in [0.4, 0.5) is 0 Å². The number of thioether (sulfide) groups is 1. The molecule has 0 radical (unpaired) electrons. The van der Waals surface area contributed by atoms with Gasteiger partial charge in [0.1, 0.15) is 17.2 Å². The monoisotopic (exact) mass is 413 g/mol. The fourth-order valence-corrected chi connectivity index (χ4v) is 5.16. The molecule has 2 aliphatic heterocycles. The van der Waals surface area contributed by atoms with Gasteiger partial charge >= 0.3 is 0 Å². The third-order valence-corrected chi connectivity index (χ3v) is 6.77. The van der Waals surface area contributed by atoms with Crippen LogP contribution in [0.15, 0.2) is 34.4 Å². The lowest BCUT2D eigenvalue weighted by molar-refractivity contribution is -0.145. The molecule has 4 rings (SSSR count). The average Bonchev–Trinajstić information content (AvgIpc) is 3.14. The van der Waals surface area contributed by atoms with Crippen molar-refractivity contribution in [2.24, 2.45) is 5.92 Å². The molecule has 0 bridgehead atoms. The molecule has 2 aromatic rings. The Labute approximate surface area is 173 Å². The Kier molecular flexibility index (Phi) is 5.45. The van der Waals surface area contributed by atoms with Gasteiger partial charge in [0.2, 0.25) is 5.91 Å². The van der Waals surface area contributed by atoms with Crippen LogP contribution in [0.2, 0.25) is 0 Å². The number of rotatable bonds is 7. The van der Waals surface area contributed by atoms with E-state index in [1.165, 1.54) is 0 Å². The van der Waals surface area contributed by atoms with Crippen molar-refractivity contribution < 1.29 is 18.8 Å². The summed E-state index contributed by atoms with van der Waals surface area (Å²) in [5.74, 6) is 2.54. The van der Waals surface area contributed by atoms with Crippen LogP contribution in [0.5, 0.6) is 5.75 Å². The minimum absolute atomic E-state index is 0.0298. The van der Waals surface area contributed by atoms with Gasteiger partial charge < -0.3 is 9.26 Å². The second kappa shape index (κ2) is 8.02. The zero-order valence-corrected chi connectivity index (χ0v) is 17.5. The first-order valence-electron chi connectivity index (χ1n) is 9.57. The number of ketones is 1. The molecular formula is C21H23N3O4S. The van der Waals surface area contributed by atoms with E-state index in [0.717, 1.165) is 28.3 Å². The summed E-state index contributed by atoms with van der Waals surface area (Å²) in [5.41, 5.74) is 2.74. The molecule has 1 saturated heterocycles. The zero-order chi connectivity index (χ0) is 20.5. The number of carbonyl (C=O) groups is 2. The number of aryl methyl sites for hydroxylation is 1. The van der Waals surface area contributed by atoms with Crippen molar-refractivity contribution in [1.29, 1.82) is 0 Å². The zero-order valence-electron chi connectivity index (χ0n) is 16.7. The molecular weight excluding hydrogens is 390 g/mol. The van der Waals surface area contributed by atoms with Crippen molar-refractivity contribution in [1.82, 2.24) is 15.0 Å². The van der Waals surface area contributed by atoms with E-state index in [2.05, 4.69) is 10.1 Å². The fraction of sp³-hybridized carbons (Fsp3) is 0.429. The average molecular weight is 413 g/mol. The number of Topliss-reactive ketones (excluding diaryl/α,β-unsaturated/α-hetero) is 1. The van der Waals surface area contributed by atoms with Crippen molar-refractivity contribution in [3.05, 3.63) is 47.1 Å². The van der Waals surface area contributed by atoms with Crippen LogP contribution in [0, 0.1) is 12.8 Å². The molecule has 7 nitrogen and oxygen atoms in total. The Hall–Kier alpha value is -2.61. The van der Waals surface area contributed by atoms with Crippen molar-refractivity contribution in [2.45, 2.75) is 38.5 Å². The molecule has 8 heteroatoms. The van der Waals surface area contributed by atoms with Gasteiger partial charge in [-0.05, 0) is 43.5 Å². The summed E-state index contributed by atoms with van der Waals surface area (Å²) >= 11 is 1.73. The van der Waals surface area contributed by atoms with E-state index in [4.69, 9.17) is 9.26 Å². The molecule has 1 aromatic heterocycles. The smallest absolute Gasteiger partial charge is 0.274 e. The Morgan fingerprint density at radius 3 is 2.72 bits per heavy atom. The van der Waals surface area contributed by atoms with Gasteiger partial charge in [0, 0.05) is 18.6 Å². The Bertz CT molecular complexity index is 967. The standard InChI is InChI=1S/C21H23N3O4S/c1-12-11-29-21-17(20(26)24(21)18(12)19-22-13(2)23-28-19)9-6-15(25)10-14-4-7-16(27-3)8-5-14/h4-5,7-8,17,21H,6,9-11H2,1-3H3/t17-,21-/m1/s1. The maximum absolute atomic E-state index is 12.8. The van der Waals surface area contributed by atoms with E-state index in [-0.39, 0.29) is 23.0 Å². The van der Waals surface area contributed by atoms with Gasteiger partial charge in [-0.1, -0.05) is 17.3 Å². The van der Waals surface area contributed by atoms with Crippen LogP contribution in [-0.2, 0) is 16.0 Å². The molecule has 2 atom stereocenters. The number of β-lactam (4-membered cyclic amide) rings is 1. The number of nitrogens with zero attached hydrogens (tertiary/aromatic N) is 3. The summed E-state index contributed by atoms with van der Waals surface area (Å²) in [6, 6.07) is 7.50. The van der Waals surface area contributed by atoms with E-state index in [1.54, 1.807) is 30.7 Å². The summed E-state index contributed by atoms with van der Waals surface area (Å²) in [4.78, 5) is 31.3. The van der Waals surface area contributed by atoms with Gasteiger partial charge in [0.05, 0.1) is 18.4 Å². The van der Waals surface area contributed by atoms with Crippen LogP contribution in [0.25, 0.3) is 5.70 Å². The Balaban J connectivity index is 1.37. The highest BCUT2D eigenvalue weighted by Crippen LogP contribution is 2.47. The summed E-state index contributed by atoms with van der Waals surface area (Å²) < 4.78 is 10.4. The summed E-state index contributed by atoms with van der Waals surface area (Å²) in [7, 11) is 1.62. The number of fused-ring (bicyclic) bond motifs is 1. The number of methoxy groups -OCH3 is 1. The van der Waals surface area contributed by atoms with Crippen LogP contribution in [-0.4, -0.2) is 45.0 Å². The molecule has 0 spiro atoms. The lowest BCUT2D eigenvalue weighted by Crippen LogP contribution is -2.59. The predicted molar refractivity (Wildman–Crippen MR) is 109 cm³/mol. The molecule has 29 heavy (non-hydrogen) atoms. The van der Waals surface area contributed by atoms with Gasteiger partial charge in [-0.15, -0.1) is 11.8 Å². The van der Waals surface area contributed by atoms with E-state index < -0.39 is 0 Å². The molecule has 3 heterocycles. The molecule has 1 aromatic carbocycles. The quantitative estimate of drug-likeness (QED) is 0.644. The fourth-order valence-electron chi connectivity index (χ4n) is 3.76. The van der Waals surface area contributed by atoms with Crippen molar-refractivity contribution in [2.75, 3.05) is 12.9 Å². The first-order chi connectivity index (χ1) is 14.0. The molecule has 0 saturated carbocycles. The number of aromatic nitrogens is 2. The van der Waals surface area contributed by atoms with E-state index in [1.807, 2.05) is 31.2 Å². The largest absolute Gasteiger partial charge is 0.497 e. The van der Waals surface area contributed by atoms with E-state index >= 15 is 0 Å². The molecule has 0 unspecified atom stereocenters. The lowest BCUT2D eigenvalue weighted by atomic mass is 9.89. The molecule has 2 aliphatic rings. The normalized spacial score (nSPS) is 21.1. The number of hydrogen-bond donors (Lipinski definition) is 0. The molecule has 1 fully saturated rings. The van der Waals surface area contributed by atoms with Crippen LogP contribution < -0.4 is 4.74 Å². The first kappa shape index (κ1) is 19.7. The highest BCUT2D eigenvalue weighted by molar-refractivity contribution is 8.00. The maximum Gasteiger partial charge on any atom is 0.274 e. The molecule has 152 valence electrons. The van der Waals surface area contributed by atoms with Crippen LogP contribution in [0.3, 0.4) is 0 Å². The summed E-state index contributed by atoms with van der Waals surface area (Å²) in [6.07, 6.45) is 1.33. The van der Waals surface area contributed by atoms with Gasteiger partial charge in [-0.3, -0.25) is 14.5 Å². The van der Waals surface area contributed by atoms with E-state index in [0.29, 0.717) is 31.0 Å². The van der Waals surface area contributed by atoms with Crippen LogP contribution >= 0.6 is 11.8 Å². The van der Waals surface area contributed by atoms with Crippen molar-refractivity contribution >= 4 is 29.1 Å². The summed E-state index contributed by atoms with van der Waals surface area (Å²) in [5, 5.41) is 3.88. The highest BCUT2D eigenvalue weighted by atomic mass is 32.2.